The van der Waals surface area contributed by atoms with Gasteiger partial charge in [-0.05, 0) is 44.5 Å². The molecule has 0 aliphatic rings. The van der Waals surface area contributed by atoms with Gasteiger partial charge in [0, 0.05) is 29.5 Å². The highest BCUT2D eigenvalue weighted by Crippen LogP contribution is 2.20. The molecule has 0 saturated heterocycles. The van der Waals surface area contributed by atoms with Gasteiger partial charge in [-0.1, -0.05) is 17.7 Å². The summed E-state index contributed by atoms with van der Waals surface area (Å²) in [4.78, 5) is 0. The van der Waals surface area contributed by atoms with Gasteiger partial charge in [0.1, 0.15) is 0 Å². The molecule has 3 nitrogen and oxygen atoms in total. The van der Waals surface area contributed by atoms with Gasteiger partial charge < -0.3 is 5.32 Å². The van der Waals surface area contributed by atoms with E-state index in [0.717, 1.165) is 17.3 Å². The lowest BCUT2D eigenvalue weighted by molar-refractivity contribution is 0.424. The van der Waals surface area contributed by atoms with Gasteiger partial charge in [0.25, 0.3) is 0 Å². The van der Waals surface area contributed by atoms with Crippen LogP contribution in [0.5, 0.6) is 0 Å². The Balaban J connectivity index is 2.30. The van der Waals surface area contributed by atoms with Crippen molar-refractivity contribution in [3.8, 4) is 5.69 Å². The average Bonchev–Trinajstić information content (AvgIpc) is 2.79. The van der Waals surface area contributed by atoms with Crippen LogP contribution in [-0.2, 0) is 6.54 Å². The number of nitrogens with one attached hydrogen (secondary N) is 1. The van der Waals surface area contributed by atoms with E-state index in [1.54, 1.807) is 6.20 Å². The third-order valence-electron chi connectivity index (χ3n) is 2.61. The molecule has 96 valence electrons. The molecule has 0 radical (unpaired) electrons. The van der Waals surface area contributed by atoms with Gasteiger partial charge in [0.05, 0.1) is 5.69 Å². The molecule has 0 saturated carbocycles. The van der Waals surface area contributed by atoms with E-state index in [1.165, 1.54) is 5.56 Å². The molecule has 0 amide bonds. The van der Waals surface area contributed by atoms with Gasteiger partial charge in [-0.2, -0.15) is 5.10 Å². The fourth-order valence-corrected chi connectivity index (χ4v) is 1.84. The predicted octanol–water partition coefficient (Wildman–Crippen LogP) is 3.41. The summed E-state index contributed by atoms with van der Waals surface area (Å²) >= 11 is 6.06. The summed E-state index contributed by atoms with van der Waals surface area (Å²) in [5.41, 5.74) is 2.28. The van der Waals surface area contributed by atoms with Crippen LogP contribution >= 0.6 is 11.6 Å². The maximum atomic E-state index is 6.06. The Morgan fingerprint density at radius 2 is 2.11 bits per heavy atom. The molecular weight excluding hydrogens is 246 g/mol. The third-order valence-corrected chi connectivity index (χ3v) is 2.84. The van der Waals surface area contributed by atoms with Gasteiger partial charge in [0.15, 0.2) is 0 Å². The molecule has 1 aromatic heterocycles. The number of rotatable bonds is 3. The van der Waals surface area contributed by atoms with Crippen molar-refractivity contribution in [1.29, 1.82) is 0 Å². The quantitative estimate of drug-likeness (QED) is 0.920. The lowest BCUT2D eigenvalue weighted by atomic mass is 10.1. The smallest absolute Gasteiger partial charge is 0.0705 e. The highest BCUT2D eigenvalue weighted by atomic mass is 35.5. The summed E-state index contributed by atoms with van der Waals surface area (Å²) in [5, 5.41) is 8.46. The SMILES string of the molecule is CC(C)(C)NCc1ccc(Cl)cc1-n1cccn1. The van der Waals surface area contributed by atoms with Crippen molar-refractivity contribution in [3.05, 3.63) is 47.2 Å². The molecule has 0 spiro atoms. The van der Waals surface area contributed by atoms with Gasteiger partial charge in [-0.15, -0.1) is 0 Å². The Morgan fingerprint density at radius 1 is 1.33 bits per heavy atom. The first-order chi connectivity index (χ1) is 8.46. The molecule has 0 aliphatic heterocycles. The van der Waals surface area contributed by atoms with Gasteiger partial charge in [0.2, 0.25) is 0 Å². The largest absolute Gasteiger partial charge is 0.308 e. The average molecular weight is 264 g/mol. The van der Waals surface area contributed by atoms with Crippen LogP contribution in [0.2, 0.25) is 5.02 Å². The zero-order chi connectivity index (χ0) is 13.2. The van der Waals surface area contributed by atoms with E-state index in [9.17, 15) is 0 Å². The van der Waals surface area contributed by atoms with E-state index >= 15 is 0 Å². The van der Waals surface area contributed by atoms with Gasteiger partial charge in [-0.25, -0.2) is 4.68 Å². The second kappa shape index (κ2) is 5.12. The fourth-order valence-electron chi connectivity index (χ4n) is 1.67. The minimum atomic E-state index is 0.0843. The lowest BCUT2D eigenvalue weighted by Crippen LogP contribution is -2.35. The molecule has 0 fully saturated rings. The highest BCUT2D eigenvalue weighted by Gasteiger charge is 2.11. The van der Waals surface area contributed by atoms with Crippen LogP contribution in [-0.4, -0.2) is 15.3 Å². The Labute approximate surface area is 113 Å². The molecule has 1 N–H and O–H groups in total. The summed E-state index contributed by atoms with van der Waals surface area (Å²) < 4.78 is 1.84. The van der Waals surface area contributed by atoms with E-state index in [-0.39, 0.29) is 5.54 Å². The molecule has 0 atom stereocenters. The van der Waals surface area contributed by atoms with Gasteiger partial charge in [-0.3, -0.25) is 0 Å². The summed E-state index contributed by atoms with van der Waals surface area (Å²) in [7, 11) is 0. The molecule has 0 bridgehead atoms. The zero-order valence-corrected chi connectivity index (χ0v) is 11.7. The standard InChI is InChI=1S/C14H18ClN3/c1-14(2,3)16-10-11-5-6-12(15)9-13(11)18-8-4-7-17-18/h4-9,16H,10H2,1-3H3. The minimum Gasteiger partial charge on any atom is -0.308 e. The first-order valence-electron chi connectivity index (χ1n) is 5.99. The van der Waals surface area contributed by atoms with E-state index < -0.39 is 0 Å². The molecule has 0 aliphatic carbocycles. The molecule has 0 unspecified atom stereocenters. The Bertz CT molecular complexity index is 512. The fraction of sp³-hybridized carbons (Fsp3) is 0.357. The third kappa shape index (κ3) is 3.34. The Kier molecular flexibility index (Phi) is 3.73. The molecule has 18 heavy (non-hydrogen) atoms. The van der Waals surface area contributed by atoms with E-state index in [1.807, 2.05) is 35.1 Å². The molecule has 4 heteroatoms. The molecule has 2 rings (SSSR count). The summed E-state index contributed by atoms with van der Waals surface area (Å²) in [6.45, 7) is 7.24. The van der Waals surface area contributed by atoms with Crippen molar-refractivity contribution >= 4 is 11.6 Å². The number of benzene rings is 1. The van der Waals surface area contributed by atoms with Crippen molar-refractivity contribution in [1.82, 2.24) is 15.1 Å². The van der Waals surface area contributed by atoms with Crippen molar-refractivity contribution < 1.29 is 0 Å². The van der Waals surface area contributed by atoms with Crippen LogP contribution in [0.1, 0.15) is 26.3 Å². The maximum Gasteiger partial charge on any atom is 0.0705 e. The minimum absolute atomic E-state index is 0.0843. The molecule has 1 aromatic carbocycles. The number of nitrogens with zero attached hydrogens (tertiary/aromatic N) is 2. The van der Waals surface area contributed by atoms with Crippen LogP contribution in [0.4, 0.5) is 0 Å². The Hall–Kier alpha value is -1.32. The second-order valence-electron chi connectivity index (χ2n) is 5.33. The molecule has 1 heterocycles. The monoisotopic (exact) mass is 263 g/mol. The molecular formula is C14H18ClN3. The van der Waals surface area contributed by atoms with Crippen molar-refractivity contribution in [2.24, 2.45) is 0 Å². The first kappa shape index (κ1) is 13.1. The first-order valence-corrected chi connectivity index (χ1v) is 6.37. The summed E-state index contributed by atoms with van der Waals surface area (Å²) in [6, 6.07) is 7.79. The van der Waals surface area contributed by atoms with Crippen LogP contribution in [0, 0.1) is 0 Å². The van der Waals surface area contributed by atoms with Crippen molar-refractivity contribution in [3.63, 3.8) is 0 Å². The second-order valence-corrected chi connectivity index (χ2v) is 5.76. The number of hydrogen-bond acceptors (Lipinski definition) is 2. The van der Waals surface area contributed by atoms with Crippen LogP contribution in [0.25, 0.3) is 5.69 Å². The van der Waals surface area contributed by atoms with Gasteiger partial charge >= 0.3 is 0 Å². The van der Waals surface area contributed by atoms with E-state index in [2.05, 4.69) is 31.2 Å². The number of aromatic nitrogens is 2. The van der Waals surface area contributed by atoms with E-state index in [4.69, 9.17) is 11.6 Å². The van der Waals surface area contributed by atoms with Crippen LogP contribution < -0.4 is 5.32 Å². The Morgan fingerprint density at radius 3 is 2.72 bits per heavy atom. The highest BCUT2D eigenvalue weighted by molar-refractivity contribution is 6.30. The van der Waals surface area contributed by atoms with Crippen molar-refractivity contribution in [2.75, 3.05) is 0 Å². The number of hydrogen-bond donors (Lipinski definition) is 1. The van der Waals surface area contributed by atoms with Crippen molar-refractivity contribution in [2.45, 2.75) is 32.9 Å². The summed E-state index contributed by atoms with van der Waals surface area (Å²) in [5.74, 6) is 0. The van der Waals surface area contributed by atoms with Crippen LogP contribution in [0.15, 0.2) is 36.7 Å². The summed E-state index contributed by atoms with van der Waals surface area (Å²) in [6.07, 6.45) is 3.69. The van der Waals surface area contributed by atoms with E-state index in [0.29, 0.717) is 0 Å². The lowest BCUT2D eigenvalue weighted by Gasteiger charge is -2.21. The molecule has 2 aromatic rings. The number of halogens is 1. The maximum absolute atomic E-state index is 6.06. The zero-order valence-electron chi connectivity index (χ0n) is 10.9. The normalized spacial score (nSPS) is 11.8. The topological polar surface area (TPSA) is 29.9 Å². The van der Waals surface area contributed by atoms with Crippen LogP contribution in [0.3, 0.4) is 0 Å². The predicted molar refractivity (Wildman–Crippen MR) is 75.2 cm³/mol.